The summed E-state index contributed by atoms with van der Waals surface area (Å²) in [5.41, 5.74) is 0. The van der Waals surface area contributed by atoms with Gasteiger partial charge in [0.1, 0.15) is 6.10 Å². The molecule has 0 spiro atoms. The second-order valence-electron chi connectivity index (χ2n) is 3.21. The molecule has 3 heteroatoms. The zero-order valence-corrected chi connectivity index (χ0v) is 6.12. The molecule has 2 aliphatic heterocycles. The van der Waals surface area contributed by atoms with Crippen molar-refractivity contribution in [3.8, 4) is 6.07 Å². The Bertz CT molecular complexity index is 231. The molecule has 2 bridgehead atoms. The minimum absolute atomic E-state index is 0.0390. The van der Waals surface area contributed by atoms with Crippen LogP contribution < -0.4 is 0 Å². The molecule has 0 aromatic rings. The Morgan fingerprint density at radius 2 is 2.36 bits per heavy atom. The molecule has 0 radical (unpaired) electrons. The van der Waals surface area contributed by atoms with Crippen LogP contribution in [0.2, 0.25) is 0 Å². The van der Waals surface area contributed by atoms with Gasteiger partial charge >= 0.3 is 5.97 Å². The standard InChI is InChI=1S/C8H9NO2/c9-4-5-3-6-1-2-7(5)8(10)11-6/h5-7H,1-3H2/t5-,6-,7+/m1/s1. The van der Waals surface area contributed by atoms with E-state index in [0.29, 0.717) is 0 Å². The predicted molar refractivity (Wildman–Crippen MR) is 36.3 cm³/mol. The normalized spacial score (nSPS) is 41.4. The quantitative estimate of drug-likeness (QED) is 0.482. The topological polar surface area (TPSA) is 50.1 Å². The zero-order valence-electron chi connectivity index (χ0n) is 6.12. The van der Waals surface area contributed by atoms with E-state index < -0.39 is 0 Å². The van der Waals surface area contributed by atoms with Gasteiger partial charge in [0.15, 0.2) is 0 Å². The number of nitriles is 1. The summed E-state index contributed by atoms with van der Waals surface area (Å²) in [4.78, 5) is 11.1. The molecule has 0 aromatic carbocycles. The van der Waals surface area contributed by atoms with Crippen LogP contribution in [0.3, 0.4) is 0 Å². The van der Waals surface area contributed by atoms with Crippen molar-refractivity contribution in [2.45, 2.75) is 25.4 Å². The largest absolute Gasteiger partial charge is 0.462 e. The summed E-state index contributed by atoms with van der Waals surface area (Å²) in [5, 5.41) is 8.67. The fourth-order valence-corrected chi connectivity index (χ4v) is 1.92. The molecule has 58 valence electrons. The predicted octanol–water partition coefficient (Wildman–Crippen LogP) is 0.852. The molecule has 0 unspecified atom stereocenters. The Balaban J connectivity index is 2.21. The number of rotatable bonds is 0. The maximum absolute atomic E-state index is 11.1. The average molecular weight is 151 g/mol. The summed E-state index contributed by atoms with van der Waals surface area (Å²) < 4.78 is 5.03. The maximum Gasteiger partial charge on any atom is 0.310 e. The molecule has 11 heavy (non-hydrogen) atoms. The molecule has 1 aliphatic carbocycles. The first-order valence-electron chi connectivity index (χ1n) is 3.91. The molecule has 3 aliphatic rings. The number of carbonyl (C=O) groups excluding carboxylic acids is 1. The first kappa shape index (κ1) is 6.66. The lowest BCUT2D eigenvalue weighted by molar-refractivity contribution is -0.171. The van der Waals surface area contributed by atoms with Gasteiger partial charge in [-0.3, -0.25) is 4.79 Å². The summed E-state index contributed by atoms with van der Waals surface area (Å²) in [7, 11) is 0. The minimum atomic E-state index is -0.154. The van der Waals surface area contributed by atoms with Gasteiger partial charge in [-0.15, -0.1) is 0 Å². The van der Waals surface area contributed by atoms with Crippen LogP contribution in [0.1, 0.15) is 19.3 Å². The number of fused-ring (bicyclic) bond motifs is 3. The van der Waals surface area contributed by atoms with Gasteiger partial charge in [-0.2, -0.15) is 5.26 Å². The number of ether oxygens (including phenoxy) is 1. The van der Waals surface area contributed by atoms with Crippen LogP contribution in [0.15, 0.2) is 0 Å². The smallest absolute Gasteiger partial charge is 0.310 e. The van der Waals surface area contributed by atoms with Crippen molar-refractivity contribution in [3.05, 3.63) is 0 Å². The molecule has 0 amide bonds. The molecule has 2 saturated heterocycles. The van der Waals surface area contributed by atoms with Crippen molar-refractivity contribution in [3.63, 3.8) is 0 Å². The Morgan fingerprint density at radius 3 is 2.82 bits per heavy atom. The molecule has 3 atom stereocenters. The van der Waals surface area contributed by atoms with Crippen LogP contribution in [0, 0.1) is 23.2 Å². The Labute approximate surface area is 64.9 Å². The van der Waals surface area contributed by atoms with Crippen molar-refractivity contribution in [1.29, 1.82) is 5.26 Å². The van der Waals surface area contributed by atoms with Crippen LogP contribution in [-0.2, 0) is 9.53 Å². The summed E-state index contributed by atoms with van der Waals surface area (Å²) in [5.74, 6) is -0.348. The van der Waals surface area contributed by atoms with Gasteiger partial charge in [0.25, 0.3) is 0 Å². The molecule has 0 aromatic heterocycles. The van der Waals surface area contributed by atoms with Crippen molar-refractivity contribution in [2.24, 2.45) is 11.8 Å². The molecule has 3 nitrogen and oxygen atoms in total. The van der Waals surface area contributed by atoms with E-state index in [-0.39, 0.29) is 23.9 Å². The molecule has 3 rings (SSSR count). The number of carbonyl (C=O) groups is 1. The first-order valence-corrected chi connectivity index (χ1v) is 3.91. The maximum atomic E-state index is 11.1. The molecule has 2 heterocycles. The van der Waals surface area contributed by atoms with E-state index in [9.17, 15) is 4.79 Å². The third-order valence-electron chi connectivity index (χ3n) is 2.55. The van der Waals surface area contributed by atoms with Crippen molar-refractivity contribution >= 4 is 5.97 Å². The highest BCUT2D eigenvalue weighted by Gasteiger charge is 2.43. The SMILES string of the molecule is N#C[C@H]1C[C@H]2CC[C@@H]1C(=O)O2. The number of esters is 1. The third-order valence-corrected chi connectivity index (χ3v) is 2.55. The fraction of sp³-hybridized carbons (Fsp3) is 0.750. The summed E-state index contributed by atoms with van der Waals surface area (Å²) in [6.07, 6.45) is 2.60. The van der Waals surface area contributed by atoms with E-state index in [4.69, 9.17) is 10.00 Å². The third kappa shape index (κ3) is 0.900. The summed E-state index contributed by atoms with van der Waals surface area (Å²) in [6, 6.07) is 2.16. The second kappa shape index (κ2) is 2.23. The first-order chi connectivity index (χ1) is 5.31. The highest BCUT2D eigenvalue weighted by atomic mass is 16.5. The van der Waals surface area contributed by atoms with Gasteiger partial charge < -0.3 is 4.74 Å². The van der Waals surface area contributed by atoms with E-state index in [1.807, 2.05) is 0 Å². The van der Waals surface area contributed by atoms with Crippen LogP contribution >= 0.6 is 0 Å². The van der Waals surface area contributed by atoms with Gasteiger partial charge in [-0.1, -0.05) is 0 Å². The van der Waals surface area contributed by atoms with Crippen molar-refractivity contribution < 1.29 is 9.53 Å². The van der Waals surface area contributed by atoms with Gasteiger partial charge in [0, 0.05) is 6.42 Å². The Hall–Kier alpha value is -1.04. The number of hydrogen-bond donors (Lipinski definition) is 0. The van der Waals surface area contributed by atoms with Crippen LogP contribution in [0.25, 0.3) is 0 Å². The lowest BCUT2D eigenvalue weighted by Gasteiger charge is -2.37. The van der Waals surface area contributed by atoms with Crippen LogP contribution in [-0.4, -0.2) is 12.1 Å². The minimum Gasteiger partial charge on any atom is -0.462 e. The van der Waals surface area contributed by atoms with E-state index in [1.165, 1.54) is 0 Å². The van der Waals surface area contributed by atoms with E-state index in [2.05, 4.69) is 6.07 Å². The van der Waals surface area contributed by atoms with Crippen LogP contribution in [0.5, 0.6) is 0 Å². The van der Waals surface area contributed by atoms with E-state index in [1.54, 1.807) is 0 Å². The van der Waals surface area contributed by atoms with Gasteiger partial charge in [-0.05, 0) is 12.8 Å². The molecular formula is C8H9NO2. The molecule has 1 saturated carbocycles. The monoisotopic (exact) mass is 151 g/mol. The van der Waals surface area contributed by atoms with Gasteiger partial charge in [-0.25, -0.2) is 0 Å². The lowest BCUT2D eigenvalue weighted by atomic mass is 9.76. The average Bonchev–Trinajstić information content (AvgIpc) is 2.04. The molecule has 3 fully saturated rings. The summed E-state index contributed by atoms with van der Waals surface area (Å²) >= 11 is 0. The Kier molecular flexibility index (Phi) is 1.35. The lowest BCUT2D eigenvalue weighted by Crippen LogP contribution is -2.42. The van der Waals surface area contributed by atoms with Crippen LogP contribution in [0.4, 0.5) is 0 Å². The number of hydrogen-bond acceptors (Lipinski definition) is 3. The van der Waals surface area contributed by atoms with Gasteiger partial charge in [0.2, 0.25) is 0 Å². The highest BCUT2D eigenvalue weighted by Crippen LogP contribution is 2.37. The van der Waals surface area contributed by atoms with Crippen molar-refractivity contribution in [1.82, 2.24) is 0 Å². The van der Waals surface area contributed by atoms with E-state index >= 15 is 0 Å². The van der Waals surface area contributed by atoms with Gasteiger partial charge in [0.05, 0.1) is 17.9 Å². The number of nitrogens with zero attached hydrogens (tertiary/aromatic N) is 1. The molecule has 0 N–H and O–H groups in total. The zero-order chi connectivity index (χ0) is 7.84. The second-order valence-corrected chi connectivity index (χ2v) is 3.21. The van der Waals surface area contributed by atoms with Crippen molar-refractivity contribution in [2.75, 3.05) is 0 Å². The highest BCUT2D eigenvalue weighted by molar-refractivity contribution is 5.75. The summed E-state index contributed by atoms with van der Waals surface area (Å²) in [6.45, 7) is 0. The Morgan fingerprint density at radius 1 is 1.55 bits per heavy atom. The fourth-order valence-electron chi connectivity index (χ4n) is 1.92. The van der Waals surface area contributed by atoms with E-state index in [0.717, 1.165) is 19.3 Å². The molecular weight excluding hydrogens is 142 g/mol.